The summed E-state index contributed by atoms with van der Waals surface area (Å²) in [7, 11) is 4.34. The molecule has 1 radical (unpaired) electrons. The number of hydrogen-bond donors (Lipinski definition) is 3. The van der Waals surface area contributed by atoms with Gasteiger partial charge in [-0.1, -0.05) is 50.7 Å². The Morgan fingerprint density at radius 2 is 1.28 bits per heavy atom. The number of hydrogen-bond acceptors (Lipinski definition) is 16. The fraction of sp³-hybridized carbons (Fsp3) is 0.371. The standard InChI is InChI=1S/C10H11BrN4O.C6H3BrClN3.C6H4ClN3.C5H11BrO.C4H4ClN3.C4H9NO.BHNS/c11-8-7-13-10-9(12-1-2-15(8)10)14-3-5-16-6-4-14;7-4-3-10-6-5(8)9-1-2-11(4)6;7-5-6-9-2-4-10(6)3-1-8-5;1-3-7-5(2)4-6;5-3-4(6)8-2-1-7-3;1-3-6-4-2-5-1;1-2-3/h1-2,7H,3-6H2;1-3H;1-4H;5H,3-4H2,1-2H3;1-2H,(H2,6,8);5H,1-4H2;3H. The van der Waals surface area contributed by atoms with Crippen LogP contribution in [0.1, 0.15) is 13.8 Å². The van der Waals surface area contributed by atoms with Gasteiger partial charge in [0.25, 0.3) is 0 Å². The Morgan fingerprint density at radius 1 is 0.770 bits per heavy atom. The number of anilines is 2. The number of imidazole rings is 3. The third-order valence-corrected chi connectivity index (χ3v) is 10.4. The van der Waals surface area contributed by atoms with Crippen molar-refractivity contribution in [3.8, 4) is 0 Å². The van der Waals surface area contributed by atoms with E-state index in [4.69, 9.17) is 54.7 Å². The molecule has 9 heterocycles. The molecule has 7 aromatic heterocycles. The first-order chi connectivity index (χ1) is 29.6. The van der Waals surface area contributed by atoms with Crippen LogP contribution in [0.5, 0.6) is 0 Å². The number of ether oxygens (including phenoxy) is 3. The SMILES string of the molecule is Brc1cnc2c(N3CCOCC3)nccn12.C1COCCN1.CCOC(C)CBr.Clc1nccn2c(Br)cnc12.Clc1nccn2ccnc12.Nc1nccnc1Cl.[B]=NS. The minimum atomic E-state index is 0.257. The first kappa shape index (κ1) is 52.3. The minimum absolute atomic E-state index is 0.257. The number of nitrogens with two attached hydrogens (primary N) is 1. The van der Waals surface area contributed by atoms with Gasteiger partial charge in [0.1, 0.15) is 9.21 Å². The van der Waals surface area contributed by atoms with E-state index in [9.17, 15) is 0 Å². The van der Waals surface area contributed by atoms with Crippen molar-refractivity contribution in [3.05, 3.63) is 99.0 Å². The molecule has 2 aliphatic heterocycles. The van der Waals surface area contributed by atoms with Crippen molar-refractivity contribution in [2.75, 3.05) is 75.2 Å². The Kier molecular flexibility index (Phi) is 25.8. The molecule has 0 spiro atoms. The van der Waals surface area contributed by atoms with Crippen LogP contribution in [0.4, 0.5) is 11.6 Å². The molecule has 7 aromatic rings. The van der Waals surface area contributed by atoms with Gasteiger partial charge in [0, 0.05) is 100 Å². The Morgan fingerprint density at radius 3 is 1.75 bits per heavy atom. The summed E-state index contributed by atoms with van der Waals surface area (Å²) >= 11 is 30.1. The molecule has 3 N–H and O–H groups in total. The molecular weight excluding hydrogens is 1070 g/mol. The quantitative estimate of drug-likeness (QED) is 0.0912. The van der Waals surface area contributed by atoms with E-state index in [2.05, 4.69) is 123 Å². The molecular formula is C35H43BBr3Cl3N15O3S. The van der Waals surface area contributed by atoms with E-state index in [0.717, 1.165) is 85.2 Å². The molecule has 2 aliphatic rings. The first-order valence-electron chi connectivity index (χ1n) is 18.1. The zero-order valence-corrected chi connectivity index (χ0v) is 40.9. The van der Waals surface area contributed by atoms with E-state index < -0.39 is 0 Å². The van der Waals surface area contributed by atoms with Crippen LogP contribution >= 0.6 is 95.4 Å². The maximum absolute atomic E-state index is 5.76. The summed E-state index contributed by atoms with van der Waals surface area (Å²) in [6.45, 7) is 11.9. The Hall–Kier alpha value is -3.10. The average Bonchev–Trinajstić information content (AvgIpc) is 4.04. The Balaban J connectivity index is 0.000000199. The predicted octanol–water partition coefficient (Wildman–Crippen LogP) is 7.16. The summed E-state index contributed by atoms with van der Waals surface area (Å²) in [6.07, 6.45) is 20.9. The summed E-state index contributed by atoms with van der Waals surface area (Å²) in [6, 6.07) is 0. The molecule has 2 saturated heterocycles. The number of morpholine rings is 2. The van der Waals surface area contributed by atoms with E-state index in [1.54, 1.807) is 49.6 Å². The number of rotatable bonds is 4. The van der Waals surface area contributed by atoms with Crippen LogP contribution in [0.2, 0.25) is 15.5 Å². The van der Waals surface area contributed by atoms with Crippen LogP contribution in [0, 0.1) is 0 Å². The van der Waals surface area contributed by atoms with Crippen molar-refractivity contribution in [2.24, 2.45) is 4.30 Å². The number of nitrogens with zero attached hydrogens (tertiary/aromatic N) is 13. The van der Waals surface area contributed by atoms with E-state index in [1.165, 1.54) is 12.4 Å². The third kappa shape index (κ3) is 18.3. The van der Waals surface area contributed by atoms with Crippen LogP contribution in [0.3, 0.4) is 0 Å². The molecule has 61 heavy (non-hydrogen) atoms. The van der Waals surface area contributed by atoms with Crippen molar-refractivity contribution in [3.63, 3.8) is 0 Å². The number of fused-ring (bicyclic) bond motifs is 3. The molecule has 0 aromatic carbocycles. The van der Waals surface area contributed by atoms with Crippen LogP contribution < -0.4 is 16.0 Å². The summed E-state index contributed by atoms with van der Waals surface area (Å²) in [5.74, 6) is 1.20. The summed E-state index contributed by atoms with van der Waals surface area (Å²) in [5.41, 5.74) is 7.47. The zero-order valence-electron chi connectivity index (χ0n) is 33.0. The Bertz CT molecular complexity index is 2270. The van der Waals surface area contributed by atoms with Gasteiger partial charge in [-0.05, 0) is 45.7 Å². The van der Waals surface area contributed by atoms with Crippen molar-refractivity contribution < 1.29 is 14.2 Å². The molecule has 2 fully saturated rings. The molecule has 1 unspecified atom stereocenters. The van der Waals surface area contributed by atoms with Crippen LogP contribution in [-0.4, -0.2) is 131 Å². The van der Waals surface area contributed by atoms with Crippen LogP contribution in [0.15, 0.2) is 87.9 Å². The van der Waals surface area contributed by atoms with E-state index in [0.29, 0.717) is 27.7 Å². The van der Waals surface area contributed by atoms with Crippen molar-refractivity contribution in [2.45, 2.75) is 20.0 Å². The fourth-order valence-corrected chi connectivity index (χ4v) is 6.20. The normalized spacial score (nSPS) is 13.5. The molecule has 0 saturated carbocycles. The molecule has 9 rings (SSSR count). The second kappa shape index (κ2) is 30.1. The van der Waals surface area contributed by atoms with Gasteiger partial charge in [-0.25, -0.2) is 39.9 Å². The van der Waals surface area contributed by atoms with E-state index in [1.807, 2.05) is 39.4 Å². The van der Waals surface area contributed by atoms with Gasteiger partial charge in [0.15, 0.2) is 44.0 Å². The van der Waals surface area contributed by atoms with Crippen molar-refractivity contribution >= 4 is 132 Å². The summed E-state index contributed by atoms with van der Waals surface area (Å²) in [4.78, 5) is 34.1. The Labute approximate surface area is 399 Å². The topological polar surface area (TPSA) is 198 Å². The number of nitrogen functional groups attached to an aromatic ring is 1. The van der Waals surface area contributed by atoms with Gasteiger partial charge < -0.3 is 34.6 Å². The fourth-order valence-electron chi connectivity index (χ4n) is 4.73. The van der Waals surface area contributed by atoms with Crippen molar-refractivity contribution in [1.29, 1.82) is 0 Å². The number of alkyl halides is 1. The summed E-state index contributed by atoms with van der Waals surface area (Å²) in [5, 5.41) is 5.20. The van der Waals surface area contributed by atoms with Gasteiger partial charge in [0.05, 0.1) is 44.9 Å². The second-order valence-corrected chi connectivity index (χ2v) is 15.2. The van der Waals surface area contributed by atoms with Gasteiger partial charge in [0.2, 0.25) is 0 Å². The van der Waals surface area contributed by atoms with Gasteiger partial charge in [-0.15, -0.1) is 0 Å². The van der Waals surface area contributed by atoms with Gasteiger partial charge in [-0.2, -0.15) is 0 Å². The maximum atomic E-state index is 5.76. The first-order valence-corrected chi connectivity index (χ1v) is 22.4. The van der Waals surface area contributed by atoms with Gasteiger partial charge >= 0.3 is 24.8 Å². The number of thiol groups is 1. The molecule has 0 aliphatic carbocycles. The van der Waals surface area contributed by atoms with Crippen molar-refractivity contribution in [1.82, 2.24) is 58.4 Å². The average molecular weight is 1110 g/mol. The van der Waals surface area contributed by atoms with E-state index in [-0.39, 0.29) is 11.0 Å². The number of nitrogens with one attached hydrogen (secondary N) is 1. The summed E-state index contributed by atoms with van der Waals surface area (Å²) < 4.78 is 25.6. The predicted molar refractivity (Wildman–Crippen MR) is 255 cm³/mol. The zero-order chi connectivity index (χ0) is 44.4. The van der Waals surface area contributed by atoms with Crippen LogP contribution in [0.25, 0.3) is 16.9 Å². The van der Waals surface area contributed by atoms with Gasteiger partial charge in [-0.3, -0.25) is 8.80 Å². The number of aromatic nitrogens is 11. The second-order valence-electron chi connectivity index (χ2n) is 11.6. The molecule has 18 nitrogen and oxygen atoms in total. The molecule has 0 amide bonds. The third-order valence-electron chi connectivity index (χ3n) is 7.48. The monoisotopic (exact) mass is 1110 g/mol. The number of halogens is 6. The molecule has 327 valence electrons. The molecule has 0 bridgehead atoms. The molecule has 1 atom stereocenters. The van der Waals surface area contributed by atoms with Crippen LogP contribution in [-0.2, 0) is 14.2 Å². The van der Waals surface area contributed by atoms with E-state index >= 15 is 0 Å². The molecule has 26 heteroatoms.